The molecule has 0 radical (unpaired) electrons. The van der Waals surface area contributed by atoms with Crippen LogP contribution in [0, 0.1) is 0 Å². The molecule has 0 saturated heterocycles. The first-order valence-corrected chi connectivity index (χ1v) is 8.86. The fraction of sp³-hybridized carbons (Fsp3) is 0.231. The molecule has 0 bridgehead atoms. The Morgan fingerprint density at radius 2 is 2.00 bits per heavy atom. The van der Waals surface area contributed by atoms with Crippen LogP contribution in [0.2, 0.25) is 0 Å². The number of amides is 1. The normalized spacial score (nSPS) is 11.4. The molecule has 1 aromatic heterocycles. The number of carboxylic acids is 1. The van der Waals surface area contributed by atoms with E-state index in [1.165, 1.54) is 26.1 Å². The first-order valence-electron chi connectivity index (χ1n) is 6.42. The first kappa shape index (κ1) is 17.3. The van der Waals surface area contributed by atoms with Crippen LogP contribution in [-0.4, -0.2) is 38.2 Å². The maximum Gasteiger partial charge on any atom is 0.372 e. The lowest BCUT2D eigenvalue weighted by Gasteiger charge is -2.08. The number of hydrogen-bond donors (Lipinski definition) is 3. The van der Waals surface area contributed by atoms with Crippen LogP contribution in [0.1, 0.15) is 27.8 Å². The number of anilines is 1. The van der Waals surface area contributed by atoms with Gasteiger partial charge in [-0.3, -0.25) is 9.52 Å². The van der Waals surface area contributed by atoms with Crippen molar-refractivity contribution in [2.45, 2.75) is 6.92 Å². The van der Waals surface area contributed by atoms with Gasteiger partial charge in [0.25, 0.3) is 5.91 Å². The number of carboxylic acid groups (broad SMARTS) is 1. The van der Waals surface area contributed by atoms with Gasteiger partial charge in [-0.05, 0) is 28.9 Å². The van der Waals surface area contributed by atoms with E-state index >= 15 is 0 Å². The maximum absolute atomic E-state index is 11.9. The number of carbonyl (C=O) groups is 2. The van der Waals surface area contributed by atoms with Crippen LogP contribution < -0.4 is 10.0 Å². The zero-order chi connectivity index (χ0) is 17.4. The van der Waals surface area contributed by atoms with Gasteiger partial charge in [0.2, 0.25) is 15.8 Å². The Morgan fingerprint density at radius 3 is 2.52 bits per heavy atom. The second-order valence-corrected chi connectivity index (χ2v) is 7.39. The third kappa shape index (κ3) is 3.32. The van der Waals surface area contributed by atoms with Crippen molar-refractivity contribution >= 4 is 54.5 Å². The fourth-order valence-corrected chi connectivity index (χ4v) is 3.16. The molecule has 23 heavy (non-hydrogen) atoms. The lowest BCUT2D eigenvalue weighted by molar-refractivity contribution is 0.0658. The highest BCUT2D eigenvalue weighted by Crippen LogP contribution is 2.34. The van der Waals surface area contributed by atoms with Crippen molar-refractivity contribution in [1.29, 1.82) is 0 Å². The molecular formula is C13H13BrN2O6S. The fourth-order valence-electron chi connectivity index (χ4n) is 1.94. The van der Waals surface area contributed by atoms with Crippen LogP contribution >= 0.6 is 15.9 Å². The number of aromatic carboxylic acids is 1. The van der Waals surface area contributed by atoms with E-state index in [1.54, 1.807) is 0 Å². The highest BCUT2D eigenvalue weighted by atomic mass is 79.9. The van der Waals surface area contributed by atoms with Gasteiger partial charge in [-0.1, -0.05) is 0 Å². The van der Waals surface area contributed by atoms with E-state index in [0.29, 0.717) is 4.47 Å². The second kappa shape index (κ2) is 6.20. The van der Waals surface area contributed by atoms with Gasteiger partial charge in [0, 0.05) is 23.0 Å². The third-order valence-corrected chi connectivity index (χ3v) is 5.02. The Labute approximate surface area is 140 Å². The molecule has 1 amide bonds. The monoisotopic (exact) mass is 404 g/mol. The largest absolute Gasteiger partial charge is 0.475 e. The number of furan rings is 1. The average molecular weight is 405 g/mol. The first-order chi connectivity index (χ1) is 10.7. The molecule has 124 valence electrons. The number of rotatable bonds is 5. The van der Waals surface area contributed by atoms with Crippen molar-refractivity contribution in [3.63, 3.8) is 0 Å². The Bertz CT molecular complexity index is 903. The molecule has 8 nitrogen and oxygen atoms in total. The number of halogens is 1. The van der Waals surface area contributed by atoms with Crippen LogP contribution in [-0.2, 0) is 10.0 Å². The minimum absolute atomic E-state index is 0.0815. The number of nitrogens with one attached hydrogen (secondary N) is 2. The third-order valence-electron chi connectivity index (χ3n) is 3.07. The van der Waals surface area contributed by atoms with Crippen molar-refractivity contribution in [3.05, 3.63) is 27.9 Å². The molecule has 2 rings (SSSR count). The Morgan fingerprint density at radius 1 is 1.35 bits per heavy atom. The van der Waals surface area contributed by atoms with Crippen molar-refractivity contribution in [2.75, 3.05) is 17.5 Å². The zero-order valence-electron chi connectivity index (χ0n) is 12.1. The number of fused-ring (bicyclic) bond motifs is 1. The number of benzene rings is 1. The zero-order valence-corrected chi connectivity index (χ0v) is 14.5. The summed E-state index contributed by atoms with van der Waals surface area (Å²) in [5, 5.41) is 11.8. The van der Waals surface area contributed by atoms with Crippen molar-refractivity contribution in [1.82, 2.24) is 5.32 Å². The van der Waals surface area contributed by atoms with Crippen LogP contribution in [0.25, 0.3) is 11.0 Å². The minimum atomic E-state index is -3.52. The van der Waals surface area contributed by atoms with E-state index in [-0.39, 0.29) is 28.0 Å². The summed E-state index contributed by atoms with van der Waals surface area (Å²) >= 11 is 3.20. The van der Waals surface area contributed by atoms with Crippen molar-refractivity contribution in [3.8, 4) is 0 Å². The summed E-state index contributed by atoms with van der Waals surface area (Å²) in [5.74, 6) is -2.65. The van der Waals surface area contributed by atoms with Gasteiger partial charge in [0.05, 0.1) is 11.4 Å². The van der Waals surface area contributed by atoms with Gasteiger partial charge < -0.3 is 14.8 Å². The van der Waals surface area contributed by atoms with Crippen molar-refractivity contribution in [2.24, 2.45) is 0 Å². The topological polar surface area (TPSA) is 126 Å². The van der Waals surface area contributed by atoms with E-state index in [4.69, 9.17) is 4.42 Å². The molecular weight excluding hydrogens is 392 g/mol. The Balaban J connectivity index is 2.70. The van der Waals surface area contributed by atoms with Crippen LogP contribution in [0.5, 0.6) is 0 Å². The lowest BCUT2D eigenvalue weighted by atomic mass is 10.1. The number of carbonyl (C=O) groups excluding carboxylic acids is 1. The number of sulfonamides is 1. The van der Waals surface area contributed by atoms with Gasteiger partial charge in [-0.2, -0.15) is 0 Å². The molecule has 0 aliphatic heterocycles. The van der Waals surface area contributed by atoms with E-state index in [0.717, 1.165) is 0 Å². The molecule has 0 aliphatic carbocycles. The standard InChI is InChI=1S/C13H13BrN2O6S/c1-3-23(20,21)16-8-5-9-6(4-7(8)14)10(12(17)15-2)11(22-9)13(18)19/h4-5,16H,3H2,1-2H3,(H,15,17)(H,18,19). The van der Waals surface area contributed by atoms with Crippen molar-refractivity contribution < 1.29 is 27.5 Å². The Kier molecular flexibility index (Phi) is 4.66. The molecule has 0 aliphatic rings. The van der Waals surface area contributed by atoms with E-state index in [1.807, 2.05) is 0 Å². The molecule has 0 spiro atoms. The summed E-state index contributed by atoms with van der Waals surface area (Å²) in [6.45, 7) is 1.48. The van der Waals surface area contributed by atoms with E-state index in [2.05, 4.69) is 26.0 Å². The van der Waals surface area contributed by atoms with Gasteiger partial charge in [0.1, 0.15) is 11.1 Å². The molecule has 1 aromatic carbocycles. The van der Waals surface area contributed by atoms with E-state index < -0.39 is 27.7 Å². The predicted octanol–water partition coefficient (Wildman–Crippen LogP) is 2.01. The summed E-state index contributed by atoms with van der Waals surface area (Å²) in [6.07, 6.45) is 0. The summed E-state index contributed by atoms with van der Waals surface area (Å²) in [6, 6.07) is 2.76. The molecule has 10 heteroatoms. The molecule has 0 saturated carbocycles. The quantitative estimate of drug-likeness (QED) is 0.699. The molecule has 0 atom stereocenters. The molecule has 3 N–H and O–H groups in total. The van der Waals surface area contributed by atoms with Crippen LogP contribution in [0.3, 0.4) is 0 Å². The van der Waals surface area contributed by atoms with E-state index in [9.17, 15) is 23.1 Å². The molecule has 0 unspecified atom stereocenters. The van der Waals surface area contributed by atoms with Crippen LogP contribution in [0.4, 0.5) is 5.69 Å². The summed E-state index contributed by atoms with van der Waals surface area (Å²) < 4.78 is 31.3. The van der Waals surface area contributed by atoms with Crippen LogP contribution in [0.15, 0.2) is 21.0 Å². The SMILES string of the molecule is CCS(=O)(=O)Nc1cc2oc(C(=O)O)c(C(=O)NC)c2cc1Br. The Hall–Kier alpha value is -2.07. The summed E-state index contributed by atoms with van der Waals surface area (Å²) in [4.78, 5) is 23.2. The minimum Gasteiger partial charge on any atom is -0.475 e. The van der Waals surface area contributed by atoms with Gasteiger partial charge in [-0.25, -0.2) is 13.2 Å². The van der Waals surface area contributed by atoms with Gasteiger partial charge in [-0.15, -0.1) is 0 Å². The van der Waals surface area contributed by atoms with Gasteiger partial charge in [0.15, 0.2) is 0 Å². The molecule has 1 heterocycles. The molecule has 0 fully saturated rings. The summed E-state index contributed by atoms with van der Waals surface area (Å²) in [7, 11) is -2.15. The lowest BCUT2D eigenvalue weighted by Crippen LogP contribution is -2.20. The second-order valence-electron chi connectivity index (χ2n) is 4.52. The smallest absolute Gasteiger partial charge is 0.372 e. The summed E-state index contributed by atoms with van der Waals surface area (Å²) in [5.41, 5.74) is 0.145. The van der Waals surface area contributed by atoms with Gasteiger partial charge >= 0.3 is 5.97 Å². The number of hydrogen-bond acceptors (Lipinski definition) is 5. The highest BCUT2D eigenvalue weighted by molar-refractivity contribution is 9.10. The average Bonchev–Trinajstić information content (AvgIpc) is 2.85. The highest BCUT2D eigenvalue weighted by Gasteiger charge is 2.26. The maximum atomic E-state index is 11.9. The predicted molar refractivity (Wildman–Crippen MR) is 87.3 cm³/mol. The molecule has 2 aromatic rings.